The minimum atomic E-state index is -1.18. The summed E-state index contributed by atoms with van der Waals surface area (Å²) in [7, 11) is 0. The summed E-state index contributed by atoms with van der Waals surface area (Å²) in [4.78, 5) is 37.9. The zero-order valence-corrected chi connectivity index (χ0v) is 15.3. The number of carbonyl (C=O) groups excluding carboxylic acids is 2. The van der Waals surface area contributed by atoms with Crippen LogP contribution in [0.1, 0.15) is 29.3 Å². The third-order valence-corrected chi connectivity index (χ3v) is 6.10. The molecule has 0 unspecified atom stereocenters. The molecule has 2 aliphatic heterocycles. The molecule has 1 amide bonds. The van der Waals surface area contributed by atoms with Crippen LogP contribution in [0.15, 0.2) is 41.4 Å². The number of β-lactam (4-membered cyclic amide) rings is 1. The highest BCUT2D eigenvalue weighted by atomic mass is 32.1. The summed E-state index contributed by atoms with van der Waals surface area (Å²) in [5.41, 5.74) is 2.36. The number of rotatable bonds is 5. The number of aliphatic hydroxyl groups is 1. The van der Waals surface area contributed by atoms with Gasteiger partial charge < -0.3 is 15.1 Å². The van der Waals surface area contributed by atoms with Gasteiger partial charge >= 0.3 is 5.97 Å². The molecule has 0 radical (unpaired) electrons. The summed E-state index contributed by atoms with van der Waals surface area (Å²) in [5.74, 6) is -2.14. The Hall–Kier alpha value is -2.77. The Bertz CT molecular complexity index is 976. The first-order chi connectivity index (χ1) is 12.9. The molecule has 138 valence electrons. The lowest BCUT2D eigenvalue weighted by atomic mass is 9.82. The summed E-state index contributed by atoms with van der Waals surface area (Å²) < 4.78 is 0. The molecule has 0 saturated carbocycles. The molecule has 1 aromatic heterocycles. The number of benzene rings is 1. The maximum atomic E-state index is 12.4. The zero-order valence-electron chi connectivity index (χ0n) is 14.5. The minimum absolute atomic E-state index is 0.0536. The lowest BCUT2D eigenvalue weighted by Gasteiger charge is -2.44. The van der Waals surface area contributed by atoms with Crippen LogP contribution < -0.4 is 0 Å². The standard InChI is InChI=1S/C20H17NO5S/c1-10(23)17-15-8-14(18(20(25)26)21(15)19(17)24)12-5-11(9-22)6-13(7-12)16-3-2-4-27-16/h2-7,9-10,15,17,23H,8H2,1H3,(H,25,26)/t10-,15-,17-/m1/s1. The molecule has 1 aromatic carbocycles. The lowest BCUT2D eigenvalue weighted by molar-refractivity contribution is -0.161. The number of thiophene rings is 1. The maximum Gasteiger partial charge on any atom is 0.352 e. The normalized spacial score (nSPS) is 22.4. The molecule has 0 aliphatic carbocycles. The average Bonchev–Trinajstić information content (AvgIpc) is 3.27. The second kappa shape index (κ2) is 6.44. The fraction of sp³-hybridized carbons (Fsp3) is 0.250. The zero-order chi connectivity index (χ0) is 19.3. The number of nitrogens with zero attached hydrogens (tertiary/aromatic N) is 1. The van der Waals surface area contributed by atoms with Crippen LogP contribution in [0.2, 0.25) is 0 Å². The van der Waals surface area contributed by atoms with Crippen molar-refractivity contribution in [1.82, 2.24) is 4.90 Å². The molecule has 2 N–H and O–H groups in total. The Balaban J connectivity index is 1.83. The third-order valence-electron chi connectivity index (χ3n) is 5.18. The van der Waals surface area contributed by atoms with Gasteiger partial charge in [0.15, 0.2) is 0 Å². The SMILES string of the molecule is C[C@@H](O)[C@H]1C(=O)N2C(C(=O)O)=C(c3cc(C=O)cc(-c4cccs4)c3)C[C@H]12. The first-order valence-corrected chi connectivity index (χ1v) is 9.42. The van der Waals surface area contributed by atoms with Crippen molar-refractivity contribution in [1.29, 1.82) is 0 Å². The number of aliphatic carboxylic acids is 1. The fourth-order valence-electron chi connectivity index (χ4n) is 4.01. The number of carboxylic acids is 1. The average molecular weight is 383 g/mol. The quantitative estimate of drug-likeness (QED) is 0.611. The van der Waals surface area contributed by atoms with Crippen LogP contribution in [0, 0.1) is 5.92 Å². The van der Waals surface area contributed by atoms with Gasteiger partial charge in [-0.1, -0.05) is 6.07 Å². The van der Waals surface area contributed by atoms with Gasteiger partial charge in [-0.25, -0.2) is 4.79 Å². The van der Waals surface area contributed by atoms with Gasteiger partial charge in [-0.05, 0) is 59.7 Å². The van der Waals surface area contributed by atoms with Crippen molar-refractivity contribution < 1.29 is 24.6 Å². The van der Waals surface area contributed by atoms with E-state index in [2.05, 4.69) is 0 Å². The Kier molecular flexibility index (Phi) is 4.20. The van der Waals surface area contributed by atoms with E-state index in [0.717, 1.165) is 16.7 Å². The first kappa shape index (κ1) is 17.6. The highest BCUT2D eigenvalue weighted by molar-refractivity contribution is 7.13. The summed E-state index contributed by atoms with van der Waals surface area (Å²) in [5, 5.41) is 21.5. The van der Waals surface area contributed by atoms with Crippen molar-refractivity contribution >= 4 is 35.1 Å². The summed E-state index contributed by atoms with van der Waals surface area (Å²) in [6.07, 6.45) is 0.237. The Labute approximate surface area is 159 Å². The number of amides is 1. The van der Waals surface area contributed by atoms with Crippen LogP contribution in [0.25, 0.3) is 16.0 Å². The van der Waals surface area contributed by atoms with Gasteiger partial charge in [-0.15, -0.1) is 11.3 Å². The predicted octanol–water partition coefficient (Wildman–Crippen LogP) is 2.63. The van der Waals surface area contributed by atoms with E-state index < -0.39 is 18.0 Å². The van der Waals surface area contributed by atoms with Crippen LogP contribution in [-0.4, -0.2) is 45.4 Å². The smallest absolute Gasteiger partial charge is 0.352 e. The number of carboxylic acid groups (broad SMARTS) is 1. The number of fused-ring (bicyclic) bond motifs is 1. The van der Waals surface area contributed by atoms with Crippen molar-refractivity contribution in [3.05, 3.63) is 52.5 Å². The second-order valence-electron chi connectivity index (χ2n) is 6.82. The van der Waals surface area contributed by atoms with Crippen LogP contribution in [0.4, 0.5) is 0 Å². The van der Waals surface area contributed by atoms with Gasteiger partial charge in [0.25, 0.3) is 0 Å². The van der Waals surface area contributed by atoms with E-state index in [1.54, 1.807) is 19.1 Å². The van der Waals surface area contributed by atoms with Crippen LogP contribution in [-0.2, 0) is 9.59 Å². The monoisotopic (exact) mass is 383 g/mol. The number of aliphatic hydroxyl groups excluding tert-OH is 1. The van der Waals surface area contributed by atoms with Gasteiger partial charge in [0.1, 0.15) is 12.0 Å². The van der Waals surface area contributed by atoms with Gasteiger partial charge in [0, 0.05) is 10.4 Å². The van der Waals surface area contributed by atoms with Crippen LogP contribution in [0.3, 0.4) is 0 Å². The molecule has 1 saturated heterocycles. The van der Waals surface area contributed by atoms with E-state index in [9.17, 15) is 24.6 Å². The molecular formula is C20H17NO5S. The molecule has 2 aliphatic rings. The summed E-state index contributed by atoms with van der Waals surface area (Å²) in [6, 6.07) is 8.74. The predicted molar refractivity (Wildman–Crippen MR) is 100 cm³/mol. The highest BCUT2D eigenvalue weighted by Crippen LogP contribution is 2.47. The maximum absolute atomic E-state index is 12.4. The largest absolute Gasteiger partial charge is 0.477 e. The molecule has 3 atom stereocenters. The van der Waals surface area contributed by atoms with Crippen molar-refractivity contribution in [2.24, 2.45) is 5.92 Å². The number of carbonyl (C=O) groups is 3. The summed E-state index contributed by atoms with van der Waals surface area (Å²) >= 11 is 1.53. The van der Waals surface area contributed by atoms with E-state index in [4.69, 9.17) is 0 Å². The molecule has 4 rings (SSSR count). The van der Waals surface area contributed by atoms with Gasteiger partial charge in [0.2, 0.25) is 5.91 Å². The molecule has 7 heteroatoms. The van der Waals surface area contributed by atoms with Gasteiger partial charge in [0.05, 0.1) is 18.1 Å². The molecule has 0 spiro atoms. The van der Waals surface area contributed by atoms with Crippen molar-refractivity contribution in [2.45, 2.75) is 25.5 Å². The molecule has 2 aromatic rings. The van der Waals surface area contributed by atoms with Gasteiger partial charge in [-0.2, -0.15) is 0 Å². The molecule has 6 nitrogen and oxygen atoms in total. The molecule has 3 heterocycles. The molecule has 0 bridgehead atoms. The Morgan fingerprint density at radius 1 is 1.33 bits per heavy atom. The van der Waals surface area contributed by atoms with Gasteiger partial charge in [-0.3, -0.25) is 9.59 Å². The Morgan fingerprint density at radius 3 is 2.67 bits per heavy atom. The van der Waals surface area contributed by atoms with E-state index in [1.807, 2.05) is 23.6 Å². The molecule has 27 heavy (non-hydrogen) atoms. The Morgan fingerprint density at radius 2 is 2.07 bits per heavy atom. The highest BCUT2D eigenvalue weighted by Gasteiger charge is 2.56. The van der Waals surface area contributed by atoms with Crippen molar-refractivity contribution in [3.63, 3.8) is 0 Å². The van der Waals surface area contributed by atoms with E-state index >= 15 is 0 Å². The topological polar surface area (TPSA) is 94.9 Å². The first-order valence-electron chi connectivity index (χ1n) is 8.54. The minimum Gasteiger partial charge on any atom is -0.477 e. The third kappa shape index (κ3) is 2.70. The molecular weight excluding hydrogens is 366 g/mol. The second-order valence-corrected chi connectivity index (χ2v) is 7.76. The number of hydrogen-bond acceptors (Lipinski definition) is 5. The van der Waals surface area contributed by atoms with E-state index in [1.165, 1.54) is 16.2 Å². The number of hydrogen-bond donors (Lipinski definition) is 2. The van der Waals surface area contributed by atoms with Crippen LogP contribution >= 0.6 is 11.3 Å². The lowest BCUT2D eigenvalue weighted by Crippen LogP contribution is -2.61. The summed E-state index contributed by atoms with van der Waals surface area (Å²) in [6.45, 7) is 1.54. The van der Waals surface area contributed by atoms with E-state index in [-0.39, 0.29) is 17.6 Å². The molecule has 1 fully saturated rings. The van der Waals surface area contributed by atoms with Crippen molar-refractivity contribution in [3.8, 4) is 10.4 Å². The number of aldehydes is 1. The van der Waals surface area contributed by atoms with E-state index in [0.29, 0.717) is 23.1 Å². The van der Waals surface area contributed by atoms with Crippen molar-refractivity contribution in [2.75, 3.05) is 0 Å². The van der Waals surface area contributed by atoms with Crippen LogP contribution in [0.5, 0.6) is 0 Å². The fourth-order valence-corrected chi connectivity index (χ4v) is 4.72.